The molecule has 7 rings (SSSR count). The van der Waals surface area contributed by atoms with Crippen molar-refractivity contribution in [3.63, 3.8) is 0 Å². The molecule has 0 spiro atoms. The zero-order chi connectivity index (χ0) is 24.8. The molecular weight excluding hydrogens is 444 g/mol. The van der Waals surface area contributed by atoms with E-state index in [0.29, 0.717) is 0 Å². The maximum absolute atomic E-state index is 2.40. The van der Waals surface area contributed by atoms with Crippen LogP contribution in [0.3, 0.4) is 0 Å². The van der Waals surface area contributed by atoms with E-state index in [0.717, 1.165) is 0 Å². The van der Waals surface area contributed by atoms with E-state index in [1.54, 1.807) is 0 Å². The Morgan fingerprint density at radius 2 is 0.676 bits per heavy atom. The number of fused-ring (bicyclic) bond motifs is 3. The van der Waals surface area contributed by atoms with Crippen LogP contribution >= 0.6 is 0 Å². The summed E-state index contributed by atoms with van der Waals surface area (Å²) in [6.07, 6.45) is 0. The molecular formula is C37H26. The van der Waals surface area contributed by atoms with Gasteiger partial charge in [0.15, 0.2) is 0 Å². The largest absolute Gasteiger partial charge is 0.0622 e. The van der Waals surface area contributed by atoms with Gasteiger partial charge in [0.2, 0.25) is 0 Å². The number of benzene rings is 7. The van der Waals surface area contributed by atoms with Crippen LogP contribution in [-0.2, 0) is 0 Å². The average Bonchev–Trinajstić information content (AvgIpc) is 2.96. The van der Waals surface area contributed by atoms with Crippen molar-refractivity contribution in [2.75, 3.05) is 0 Å². The molecule has 0 saturated heterocycles. The summed E-state index contributed by atoms with van der Waals surface area (Å²) in [7, 11) is 0. The highest BCUT2D eigenvalue weighted by Gasteiger charge is 2.19. The van der Waals surface area contributed by atoms with E-state index in [-0.39, 0.29) is 0 Å². The molecule has 0 heterocycles. The number of aryl methyl sites for hydroxylation is 1. The van der Waals surface area contributed by atoms with Gasteiger partial charge in [-0.25, -0.2) is 0 Å². The van der Waals surface area contributed by atoms with E-state index >= 15 is 0 Å². The third-order valence-corrected chi connectivity index (χ3v) is 7.57. The van der Waals surface area contributed by atoms with Gasteiger partial charge in [-0.3, -0.25) is 0 Å². The molecule has 0 atom stereocenters. The van der Waals surface area contributed by atoms with Crippen LogP contribution in [-0.4, -0.2) is 0 Å². The molecule has 174 valence electrons. The molecule has 0 saturated carbocycles. The van der Waals surface area contributed by atoms with Crippen LogP contribution in [0.2, 0.25) is 0 Å². The van der Waals surface area contributed by atoms with E-state index in [2.05, 4.69) is 146 Å². The average molecular weight is 471 g/mol. The van der Waals surface area contributed by atoms with Crippen molar-refractivity contribution >= 4 is 32.3 Å². The van der Waals surface area contributed by atoms with Crippen LogP contribution in [0.1, 0.15) is 5.56 Å². The van der Waals surface area contributed by atoms with Crippen molar-refractivity contribution in [3.05, 3.63) is 145 Å². The monoisotopic (exact) mass is 470 g/mol. The molecule has 0 N–H and O–H groups in total. The summed E-state index contributed by atoms with van der Waals surface area (Å²) < 4.78 is 0. The van der Waals surface area contributed by atoms with Gasteiger partial charge in [0.25, 0.3) is 0 Å². The Balaban J connectivity index is 1.65. The zero-order valence-corrected chi connectivity index (χ0v) is 20.8. The lowest BCUT2D eigenvalue weighted by molar-refractivity contribution is 1.49. The summed E-state index contributed by atoms with van der Waals surface area (Å²) in [6, 6.07) is 50.7. The van der Waals surface area contributed by atoms with Crippen LogP contribution < -0.4 is 0 Å². The second kappa shape index (κ2) is 8.76. The topological polar surface area (TPSA) is 0 Å². The van der Waals surface area contributed by atoms with Crippen molar-refractivity contribution in [1.82, 2.24) is 0 Å². The molecule has 7 aromatic carbocycles. The van der Waals surface area contributed by atoms with Gasteiger partial charge >= 0.3 is 0 Å². The van der Waals surface area contributed by atoms with E-state index in [4.69, 9.17) is 0 Å². The van der Waals surface area contributed by atoms with Gasteiger partial charge in [0.1, 0.15) is 0 Å². The Morgan fingerprint density at radius 1 is 0.324 bits per heavy atom. The number of rotatable bonds is 3. The third-order valence-electron chi connectivity index (χ3n) is 7.57. The standard InChI is InChI=1S/C37H26/c1-25-24-34(28-18-8-9-19-29(28)35(25)26-14-4-2-5-15-26)37-32-22-12-10-20-30(32)36(27-16-6-3-7-17-27)31-21-11-13-23-33(31)37/h2-24H,1H3. The molecule has 37 heavy (non-hydrogen) atoms. The van der Waals surface area contributed by atoms with E-state index in [9.17, 15) is 0 Å². The number of hydrogen-bond acceptors (Lipinski definition) is 0. The molecule has 0 aliphatic carbocycles. The Labute approximate surface area is 217 Å². The minimum Gasteiger partial charge on any atom is -0.0622 e. The molecule has 0 aromatic heterocycles. The highest BCUT2D eigenvalue weighted by molar-refractivity contribution is 6.24. The first kappa shape index (κ1) is 21.6. The first-order valence-corrected chi connectivity index (χ1v) is 12.9. The minimum absolute atomic E-state index is 1.25. The van der Waals surface area contributed by atoms with Crippen molar-refractivity contribution in [3.8, 4) is 33.4 Å². The maximum atomic E-state index is 2.40. The van der Waals surface area contributed by atoms with Gasteiger partial charge in [0, 0.05) is 0 Å². The lowest BCUT2D eigenvalue weighted by Crippen LogP contribution is -1.94. The van der Waals surface area contributed by atoms with E-state index < -0.39 is 0 Å². The van der Waals surface area contributed by atoms with Gasteiger partial charge in [0.05, 0.1) is 0 Å². The van der Waals surface area contributed by atoms with Crippen LogP contribution in [0, 0.1) is 6.92 Å². The summed E-state index contributed by atoms with van der Waals surface area (Å²) in [5.74, 6) is 0. The molecule has 0 heteroatoms. The Kier molecular flexibility index (Phi) is 5.11. The Morgan fingerprint density at radius 3 is 1.16 bits per heavy atom. The van der Waals surface area contributed by atoms with Crippen LogP contribution in [0.5, 0.6) is 0 Å². The fourth-order valence-corrected chi connectivity index (χ4v) is 6.04. The second-order valence-corrected chi connectivity index (χ2v) is 9.73. The third kappa shape index (κ3) is 3.45. The fraction of sp³-hybridized carbons (Fsp3) is 0.0270. The second-order valence-electron chi connectivity index (χ2n) is 9.73. The number of hydrogen-bond donors (Lipinski definition) is 0. The van der Waals surface area contributed by atoms with Gasteiger partial charge in [-0.05, 0) is 78.2 Å². The Hall–Kier alpha value is -4.68. The smallest absolute Gasteiger partial charge is 0.00200 e. The van der Waals surface area contributed by atoms with Gasteiger partial charge in [-0.15, -0.1) is 0 Å². The quantitative estimate of drug-likeness (QED) is 0.225. The van der Waals surface area contributed by atoms with Crippen LogP contribution in [0.25, 0.3) is 65.7 Å². The normalized spacial score (nSPS) is 11.4. The molecule has 0 nitrogen and oxygen atoms in total. The molecule has 0 aliphatic rings. The Bertz CT molecular complexity index is 1860. The summed E-state index contributed by atoms with van der Waals surface area (Å²) in [6.45, 7) is 2.25. The van der Waals surface area contributed by atoms with Crippen molar-refractivity contribution in [1.29, 1.82) is 0 Å². The first-order chi connectivity index (χ1) is 18.3. The summed E-state index contributed by atoms with van der Waals surface area (Å²) in [5.41, 5.74) is 9.02. The summed E-state index contributed by atoms with van der Waals surface area (Å²) in [5, 5.41) is 7.74. The summed E-state index contributed by atoms with van der Waals surface area (Å²) >= 11 is 0. The van der Waals surface area contributed by atoms with Crippen LogP contribution in [0.4, 0.5) is 0 Å². The van der Waals surface area contributed by atoms with Crippen molar-refractivity contribution in [2.24, 2.45) is 0 Å². The first-order valence-electron chi connectivity index (χ1n) is 12.9. The van der Waals surface area contributed by atoms with Gasteiger partial charge in [-0.2, -0.15) is 0 Å². The van der Waals surface area contributed by atoms with Crippen molar-refractivity contribution < 1.29 is 0 Å². The zero-order valence-electron chi connectivity index (χ0n) is 20.8. The molecule has 7 aromatic rings. The van der Waals surface area contributed by atoms with Gasteiger partial charge < -0.3 is 0 Å². The highest BCUT2D eigenvalue weighted by Crippen LogP contribution is 2.47. The van der Waals surface area contributed by atoms with E-state index in [1.165, 1.54) is 71.3 Å². The predicted octanol–water partition coefficient (Wildman–Crippen LogP) is 10.5. The van der Waals surface area contributed by atoms with E-state index in [1.807, 2.05) is 0 Å². The highest BCUT2D eigenvalue weighted by atomic mass is 14.2. The molecule has 0 amide bonds. The van der Waals surface area contributed by atoms with Gasteiger partial charge in [-0.1, -0.05) is 140 Å². The lowest BCUT2D eigenvalue weighted by atomic mass is 9.82. The lowest BCUT2D eigenvalue weighted by Gasteiger charge is -2.20. The SMILES string of the molecule is Cc1cc(-c2c3ccccc3c(-c3ccccc3)c3ccccc23)c2ccccc2c1-c1ccccc1. The summed E-state index contributed by atoms with van der Waals surface area (Å²) in [4.78, 5) is 0. The molecule has 0 radical (unpaired) electrons. The molecule has 0 aliphatic heterocycles. The molecule has 0 bridgehead atoms. The molecule has 0 fully saturated rings. The van der Waals surface area contributed by atoms with Crippen LogP contribution in [0.15, 0.2) is 140 Å². The predicted molar refractivity (Wildman–Crippen MR) is 160 cm³/mol. The minimum atomic E-state index is 1.25. The van der Waals surface area contributed by atoms with Crippen molar-refractivity contribution in [2.45, 2.75) is 6.92 Å². The molecule has 0 unspecified atom stereocenters. The fourth-order valence-electron chi connectivity index (χ4n) is 6.04. The maximum Gasteiger partial charge on any atom is -0.00200 e.